The van der Waals surface area contributed by atoms with Crippen molar-refractivity contribution in [3.05, 3.63) is 48.0 Å². The summed E-state index contributed by atoms with van der Waals surface area (Å²) in [5, 5.41) is 3.35. The zero-order valence-corrected chi connectivity index (χ0v) is 16.5. The summed E-state index contributed by atoms with van der Waals surface area (Å²) in [6.45, 7) is 2.03. The number of nitrogens with one attached hydrogen (secondary N) is 1. The zero-order valence-electron chi connectivity index (χ0n) is 15.7. The predicted octanol–water partition coefficient (Wildman–Crippen LogP) is 3.93. The van der Waals surface area contributed by atoms with Crippen LogP contribution in [0.25, 0.3) is 10.2 Å². The Morgan fingerprint density at radius 3 is 2.69 bits per heavy atom. The highest BCUT2D eigenvalue weighted by Gasteiger charge is 2.33. The highest BCUT2D eigenvalue weighted by atomic mass is 32.1. The Morgan fingerprint density at radius 2 is 1.90 bits per heavy atom. The van der Waals surface area contributed by atoms with Gasteiger partial charge in [0.25, 0.3) is 0 Å². The molecule has 2 aromatic carbocycles. The van der Waals surface area contributed by atoms with E-state index in [2.05, 4.69) is 10.3 Å². The number of para-hydroxylation sites is 1. The largest absolute Gasteiger partial charge is 0.326 e. The van der Waals surface area contributed by atoms with Crippen LogP contribution in [-0.2, 0) is 16.0 Å². The number of anilines is 3. The molecule has 5 rings (SSSR count). The minimum Gasteiger partial charge on any atom is -0.307 e. The number of hydrogen-bond acceptors (Lipinski definition) is 5. The average molecular weight is 406 g/mol. The Kier molecular flexibility index (Phi) is 4.09. The number of aromatic nitrogens is 1. The summed E-state index contributed by atoms with van der Waals surface area (Å²) >= 11 is 1.27. The van der Waals surface area contributed by atoms with E-state index >= 15 is 0 Å². The number of thiazole rings is 1. The summed E-state index contributed by atoms with van der Waals surface area (Å²) in [5.74, 6) is -0.437. The van der Waals surface area contributed by atoms with E-state index in [1.807, 2.05) is 37.3 Å². The van der Waals surface area contributed by atoms with Gasteiger partial charge in [-0.2, -0.15) is 0 Å². The molecule has 0 aliphatic carbocycles. The second-order valence-electron chi connectivity index (χ2n) is 7.28. The molecule has 3 aromatic rings. The third-order valence-corrected chi connectivity index (χ3v) is 6.30. The zero-order chi connectivity index (χ0) is 20.1. The summed E-state index contributed by atoms with van der Waals surface area (Å²) in [6, 6.07) is 13.2. The van der Waals surface area contributed by atoms with Gasteiger partial charge in [-0.1, -0.05) is 29.5 Å². The number of carbonyl (C=O) groups excluding carboxylic acids is 3. The number of amides is 4. The average Bonchev–Trinajstić information content (AvgIpc) is 3.35. The molecule has 1 N–H and O–H groups in total. The molecule has 0 saturated carbocycles. The van der Waals surface area contributed by atoms with E-state index in [1.54, 1.807) is 17.0 Å². The predicted molar refractivity (Wildman–Crippen MR) is 112 cm³/mol. The molecule has 1 fully saturated rings. The van der Waals surface area contributed by atoms with Gasteiger partial charge in [-0.15, -0.1) is 0 Å². The van der Waals surface area contributed by atoms with E-state index in [4.69, 9.17) is 0 Å². The number of nitrogens with zero attached hydrogens (tertiary/aromatic N) is 3. The van der Waals surface area contributed by atoms with E-state index in [0.717, 1.165) is 27.3 Å². The van der Waals surface area contributed by atoms with Gasteiger partial charge >= 0.3 is 6.03 Å². The molecule has 8 heteroatoms. The van der Waals surface area contributed by atoms with Gasteiger partial charge in [0.05, 0.1) is 10.2 Å². The molecule has 2 aliphatic rings. The lowest BCUT2D eigenvalue weighted by molar-refractivity contribution is -0.121. The quantitative estimate of drug-likeness (QED) is 0.654. The first-order valence-corrected chi connectivity index (χ1v) is 10.3. The van der Waals surface area contributed by atoms with Gasteiger partial charge in [-0.25, -0.2) is 14.7 Å². The first kappa shape index (κ1) is 17.8. The van der Waals surface area contributed by atoms with E-state index in [-0.39, 0.29) is 36.7 Å². The van der Waals surface area contributed by atoms with Gasteiger partial charge in [0.2, 0.25) is 11.8 Å². The van der Waals surface area contributed by atoms with E-state index in [0.29, 0.717) is 16.3 Å². The van der Waals surface area contributed by atoms with Crippen molar-refractivity contribution in [3.63, 3.8) is 0 Å². The molecule has 2 aliphatic heterocycles. The van der Waals surface area contributed by atoms with E-state index in [1.165, 1.54) is 11.3 Å². The molecule has 1 saturated heterocycles. The highest BCUT2D eigenvalue weighted by molar-refractivity contribution is 7.22. The van der Waals surface area contributed by atoms with Crippen molar-refractivity contribution in [1.29, 1.82) is 0 Å². The maximum atomic E-state index is 12.9. The summed E-state index contributed by atoms with van der Waals surface area (Å²) in [4.78, 5) is 44.2. The lowest BCUT2D eigenvalue weighted by atomic mass is 10.1. The molecule has 3 heterocycles. The molecular weight excluding hydrogens is 388 g/mol. The Bertz CT molecular complexity index is 1160. The minimum atomic E-state index is -0.218. The molecule has 0 unspecified atom stereocenters. The van der Waals surface area contributed by atoms with E-state index in [9.17, 15) is 14.4 Å². The van der Waals surface area contributed by atoms with Crippen molar-refractivity contribution < 1.29 is 14.4 Å². The van der Waals surface area contributed by atoms with Crippen LogP contribution in [0.4, 0.5) is 21.3 Å². The van der Waals surface area contributed by atoms with Crippen LogP contribution in [0.5, 0.6) is 0 Å². The number of rotatable bonds is 2. The third kappa shape index (κ3) is 2.96. The Labute approximate surface area is 170 Å². The Balaban J connectivity index is 1.41. The molecule has 4 amide bonds. The number of hydrogen-bond donors (Lipinski definition) is 1. The van der Waals surface area contributed by atoms with Crippen LogP contribution in [0.2, 0.25) is 0 Å². The monoisotopic (exact) mass is 406 g/mol. The van der Waals surface area contributed by atoms with Gasteiger partial charge in [0.15, 0.2) is 5.13 Å². The van der Waals surface area contributed by atoms with Crippen LogP contribution in [0, 0.1) is 0 Å². The van der Waals surface area contributed by atoms with E-state index < -0.39 is 0 Å². The number of urea groups is 1. The second-order valence-corrected chi connectivity index (χ2v) is 8.29. The molecule has 7 nitrogen and oxygen atoms in total. The third-order valence-electron chi connectivity index (χ3n) is 5.30. The Morgan fingerprint density at radius 1 is 1.14 bits per heavy atom. The number of imide groups is 1. The van der Waals surface area contributed by atoms with Crippen molar-refractivity contribution in [2.24, 2.45) is 0 Å². The lowest BCUT2D eigenvalue weighted by Gasteiger charge is -2.23. The molecular formula is C21H18N4O3S. The standard InChI is InChI=1S/C21H18N4O3S/c1-12-10-13-4-2-3-5-16(13)24(12)20(28)22-14-6-7-15-17(11-14)29-21(23-15)25-18(26)8-9-19(25)27/h2-7,11-12H,8-10H2,1H3,(H,22,28)/t12-/m0/s1. The smallest absolute Gasteiger partial charge is 0.307 e. The topological polar surface area (TPSA) is 82.6 Å². The van der Waals surface area contributed by atoms with Crippen molar-refractivity contribution >= 4 is 55.9 Å². The summed E-state index contributed by atoms with van der Waals surface area (Å²) in [5.41, 5.74) is 3.44. The molecule has 0 radical (unpaired) electrons. The van der Waals surface area contributed by atoms with Gasteiger partial charge in [-0.3, -0.25) is 14.5 Å². The second kappa shape index (κ2) is 6.66. The van der Waals surface area contributed by atoms with Crippen molar-refractivity contribution in [1.82, 2.24) is 4.98 Å². The molecule has 146 valence electrons. The first-order chi connectivity index (χ1) is 14.0. The fourth-order valence-corrected chi connectivity index (χ4v) is 4.97. The Hall–Kier alpha value is -3.26. The summed E-state index contributed by atoms with van der Waals surface area (Å²) < 4.78 is 0.806. The normalized spacial score (nSPS) is 18.6. The van der Waals surface area contributed by atoms with Gasteiger partial charge in [-0.05, 0) is 43.2 Å². The fourth-order valence-electron chi connectivity index (χ4n) is 3.93. The molecule has 1 atom stereocenters. The van der Waals surface area contributed by atoms with Crippen molar-refractivity contribution in [2.75, 3.05) is 15.1 Å². The maximum absolute atomic E-state index is 12.9. The van der Waals surface area contributed by atoms with Crippen molar-refractivity contribution in [3.8, 4) is 0 Å². The lowest BCUT2D eigenvalue weighted by Crippen LogP contribution is -2.39. The summed E-state index contributed by atoms with van der Waals surface area (Å²) in [7, 11) is 0. The SMILES string of the molecule is C[C@H]1Cc2ccccc2N1C(=O)Nc1ccc2nc(N3C(=O)CCC3=O)sc2c1. The highest BCUT2D eigenvalue weighted by Crippen LogP contribution is 2.35. The van der Waals surface area contributed by atoms with Crippen LogP contribution in [0.3, 0.4) is 0 Å². The fraction of sp³-hybridized carbons (Fsp3) is 0.238. The van der Waals surface area contributed by atoms with Crippen LogP contribution in [-0.4, -0.2) is 28.9 Å². The molecule has 0 bridgehead atoms. The first-order valence-electron chi connectivity index (χ1n) is 9.46. The van der Waals surface area contributed by atoms with Crippen LogP contribution in [0.15, 0.2) is 42.5 Å². The summed E-state index contributed by atoms with van der Waals surface area (Å²) in [6.07, 6.45) is 1.29. The van der Waals surface area contributed by atoms with Crippen LogP contribution in [0.1, 0.15) is 25.3 Å². The number of fused-ring (bicyclic) bond motifs is 2. The van der Waals surface area contributed by atoms with Gasteiger partial charge in [0, 0.05) is 30.3 Å². The molecule has 0 spiro atoms. The van der Waals surface area contributed by atoms with Gasteiger partial charge in [0.1, 0.15) is 0 Å². The van der Waals surface area contributed by atoms with Crippen LogP contribution >= 0.6 is 11.3 Å². The van der Waals surface area contributed by atoms with Gasteiger partial charge < -0.3 is 5.32 Å². The number of carbonyl (C=O) groups is 3. The minimum absolute atomic E-state index is 0.0818. The van der Waals surface area contributed by atoms with Crippen LogP contribution < -0.4 is 15.1 Å². The maximum Gasteiger partial charge on any atom is 0.326 e. The number of benzene rings is 2. The van der Waals surface area contributed by atoms with Crippen molar-refractivity contribution in [2.45, 2.75) is 32.2 Å². The molecule has 29 heavy (non-hydrogen) atoms. The molecule has 1 aromatic heterocycles.